The number of nitrogens with zero attached hydrogens (tertiary/aromatic N) is 3. The maximum atomic E-state index is 13.6. The Hall–Kier alpha value is -4.29. The van der Waals surface area contributed by atoms with E-state index in [0.29, 0.717) is 5.82 Å². The molecule has 5 nitrogen and oxygen atoms in total. The highest BCUT2D eigenvalue weighted by Crippen LogP contribution is 2.32. The van der Waals surface area contributed by atoms with Crippen LogP contribution in [0.2, 0.25) is 0 Å². The van der Waals surface area contributed by atoms with Gasteiger partial charge in [0.2, 0.25) is 0 Å². The molecule has 4 aromatic rings. The molecule has 0 aliphatic carbocycles. The number of aromatic nitrogens is 4. The van der Waals surface area contributed by atoms with Gasteiger partial charge < -0.3 is 9.88 Å². The summed E-state index contributed by atoms with van der Waals surface area (Å²) in [6.45, 7) is 13.0. The number of imidazole rings is 1. The molecule has 2 heterocycles. The van der Waals surface area contributed by atoms with Gasteiger partial charge >= 0.3 is 0 Å². The van der Waals surface area contributed by atoms with Crippen molar-refractivity contribution in [3.05, 3.63) is 120 Å². The molecule has 0 fully saturated rings. The Bertz CT molecular complexity index is 1560. The van der Waals surface area contributed by atoms with E-state index in [2.05, 4.69) is 84.6 Å². The zero-order valence-corrected chi connectivity index (χ0v) is 23.2. The average Bonchev–Trinajstić information content (AvgIpc) is 3.52. The van der Waals surface area contributed by atoms with Crippen LogP contribution >= 0.6 is 0 Å². The third-order valence-corrected chi connectivity index (χ3v) is 6.68. The quantitative estimate of drug-likeness (QED) is 0.197. The molecule has 0 radical (unpaired) electrons. The largest absolute Gasteiger partial charge is 0.340 e. The third-order valence-electron chi connectivity index (χ3n) is 6.68. The average molecular weight is 522 g/mol. The van der Waals surface area contributed by atoms with E-state index in [1.54, 1.807) is 18.2 Å². The molecule has 0 spiro atoms. The second-order valence-corrected chi connectivity index (χ2v) is 9.79. The summed E-state index contributed by atoms with van der Waals surface area (Å²) in [4.78, 5) is 10.5. The van der Waals surface area contributed by atoms with Gasteiger partial charge in [-0.15, -0.1) is 0 Å². The molecule has 2 aromatic heterocycles. The van der Waals surface area contributed by atoms with Gasteiger partial charge in [-0.3, -0.25) is 5.10 Å². The lowest BCUT2D eigenvalue weighted by atomic mass is 9.98. The number of hydrogen-bond acceptors (Lipinski definition) is 3. The molecule has 0 aliphatic heterocycles. The Morgan fingerprint density at radius 2 is 1.82 bits per heavy atom. The van der Waals surface area contributed by atoms with Crippen molar-refractivity contribution in [2.24, 2.45) is 0 Å². The van der Waals surface area contributed by atoms with E-state index in [0.717, 1.165) is 69.6 Å². The Balaban J connectivity index is 1.71. The van der Waals surface area contributed by atoms with E-state index < -0.39 is 0 Å². The fourth-order valence-electron chi connectivity index (χ4n) is 4.63. The molecule has 0 saturated heterocycles. The lowest BCUT2D eigenvalue weighted by Gasteiger charge is -2.10. The third kappa shape index (κ3) is 6.41. The fraction of sp³-hybridized carbons (Fsp3) is 0.212. The number of H-pyrrole nitrogens is 2. The van der Waals surface area contributed by atoms with Crippen LogP contribution < -0.4 is 0 Å². The van der Waals surface area contributed by atoms with Crippen molar-refractivity contribution in [1.29, 1.82) is 0 Å². The molecule has 0 atom stereocenters. The van der Waals surface area contributed by atoms with Crippen molar-refractivity contribution < 1.29 is 4.39 Å². The summed E-state index contributed by atoms with van der Waals surface area (Å²) in [5, 5.41) is 8.73. The van der Waals surface area contributed by atoms with Gasteiger partial charge in [-0.05, 0) is 93.9 Å². The van der Waals surface area contributed by atoms with Gasteiger partial charge in [0.25, 0.3) is 0 Å². The zero-order chi connectivity index (χ0) is 27.9. The predicted octanol–water partition coefficient (Wildman–Crippen LogP) is 7.88. The first-order valence-corrected chi connectivity index (χ1v) is 13.1. The first kappa shape index (κ1) is 27.7. The minimum Gasteiger partial charge on any atom is -0.340 e. The summed E-state index contributed by atoms with van der Waals surface area (Å²) in [5.74, 6) is 0.384. The highest BCUT2D eigenvalue weighted by atomic mass is 19.1. The normalized spacial score (nSPS) is 12.9. The number of halogens is 1. The lowest BCUT2D eigenvalue weighted by molar-refractivity contribution is 0.400. The monoisotopic (exact) mass is 521 g/mol. The van der Waals surface area contributed by atoms with Crippen LogP contribution in [0.3, 0.4) is 0 Å². The molecule has 0 bridgehead atoms. The summed E-state index contributed by atoms with van der Waals surface area (Å²) >= 11 is 0. The van der Waals surface area contributed by atoms with E-state index in [9.17, 15) is 4.39 Å². The van der Waals surface area contributed by atoms with Gasteiger partial charge in [0.1, 0.15) is 11.5 Å². The topological polar surface area (TPSA) is 60.6 Å². The molecule has 0 amide bonds. The van der Waals surface area contributed by atoms with Gasteiger partial charge in [0, 0.05) is 16.7 Å². The number of allylic oxidation sites excluding steroid dienone is 7. The van der Waals surface area contributed by atoms with Gasteiger partial charge in [-0.1, -0.05) is 61.7 Å². The Labute approximate surface area is 230 Å². The number of fused-ring (bicyclic) bond motifs is 1. The summed E-state index contributed by atoms with van der Waals surface area (Å²) in [6, 6.07) is 12.7. The Morgan fingerprint density at radius 3 is 2.49 bits per heavy atom. The van der Waals surface area contributed by atoms with Crippen LogP contribution in [0.5, 0.6) is 0 Å². The fourth-order valence-corrected chi connectivity index (χ4v) is 4.63. The summed E-state index contributed by atoms with van der Waals surface area (Å²) in [7, 11) is 4.18. The minimum absolute atomic E-state index is 0.279. The number of rotatable bonds is 11. The number of aromatic amines is 2. The summed E-state index contributed by atoms with van der Waals surface area (Å²) < 4.78 is 13.6. The highest BCUT2D eigenvalue weighted by Gasteiger charge is 2.18. The number of benzene rings is 2. The van der Waals surface area contributed by atoms with Crippen LogP contribution in [0.4, 0.5) is 4.39 Å². The van der Waals surface area contributed by atoms with Crippen LogP contribution in [-0.2, 0) is 0 Å². The van der Waals surface area contributed by atoms with Crippen molar-refractivity contribution in [1.82, 2.24) is 25.1 Å². The molecule has 0 saturated carbocycles. The Kier molecular flexibility index (Phi) is 8.89. The van der Waals surface area contributed by atoms with Crippen LogP contribution in [0.15, 0.2) is 91.6 Å². The molecular formula is C33H36FN5. The molecule has 2 N–H and O–H groups in total. The van der Waals surface area contributed by atoms with Gasteiger partial charge in [-0.2, -0.15) is 5.10 Å². The Morgan fingerprint density at radius 1 is 1.08 bits per heavy atom. The van der Waals surface area contributed by atoms with Crippen LogP contribution in [0.25, 0.3) is 33.6 Å². The van der Waals surface area contributed by atoms with E-state index in [-0.39, 0.29) is 5.82 Å². The van der Waals surface area contributed by atoms with Gasteiger partial charge in [0.05, 0.1) is 11.2 Å². The zero-order valence-electron chi connectivity index (χ0n) is 23.2. The smallest absolute Gasteiger partial charge is 0.159 e. The van der Waals surface area contributed by atoms with Crippen molar-refractivity contribution in [2.45, 2.75) is 26.7 Å². The van der Waals surface area contributed by atoms with Crippen LogP contribution in [0.1, 0.15) is 42.3 Å². The maximum absolute atomic E-state index is 13.6. The molecule has 4 rings (SSSR count). The molecular weight excluding hydrogens is 485 g/mol. The van der Waals surface area contributed by atoms with Gasteiger partial charge in [0.15, 0.2) is 5.82 Å². The SMILES string of the molecule is C=C/C=C(/c1ccc(F)cc1)c1nc(-c2n[nH]c3ccc(C(/C=C(\C=C)CCCN(C)C)=C/C)cc23)[nH]c1C. The molecule has 2 aromatic carbocycles. The number of aryl methyl sites for hydroxylation is 1. The van der Waals surface area contributed by atoms with E-state index >= 15 is 0 Å². The molecule has 6 heteroatoms. The van der Waals surface area contributed by atoms with Crippen LogP contribution in [-0.4, -0.2) is 45.7 Å². The predicted molar refractivity (Wildman–Crippen MR) is 162 cm³/mol. The van der Waals surface area contributed by atoms with E-state index in [4.69, 9.17) is 4.98 Å². The summed E-state index contributed by atoms with van der Waals surface area (Å²) in [5.41, 5.74) is 8.50. The second-order valence-electron chi connectivity index (χ2n) is 9.79. The standard InChI is InChI=1S/C33H36FN5/c1-7-11-28(25-13-16-27(34)17-14-25)31-22(4)35-33(36-31)32-29-21-26(15-18-30(29)37-38-32)24(9-3)20-23(8-2)12-10-19-39(5)6/h7-9,11,13-18,20-21H,1-2,10,12,19H2,3-6H3,(H,35,36)(H,37,38)/b23-20+,24-9+,28-11-. The van der Waals surface area contributed by atoms with Crippen molar-refractivity contribution in [2.75, 3.05) is 20.6 Å². The first-order valence-electron chi connectivity index (χ1n) is 13.1. The van der Waals surface area contributed by atoms with Crippen molar-refractivity contribution >= 4 is 22.0 Å². The number of nitrogens with one attached hydrogen (secondary N) is 2. The molecule has 0 aliphatic rings. The minimum atomic E-state index is -0.279. The second kappa shape index (κ2) is 12.5. The molecule has 200 valence electrons. The van der Waals surface area contributed by atoms with Crippen LogP contribution in [0, 0.1) is 12.7 Å². The first-order chi connectivity index (χ1) is 18.8. The highest BCUT2D eigenvalue weighted by molar-refractivity contribution is 5.95. The van der Waals surface area contributed by atoms with Crippen molar-refractivity contribution in [3.63, 3.8) is 0 Å². The maximum Gasteiger partial charge on any atom is 0.159 e. The summed E-state index contributed by atoms with van der Waals surface area (Å²) in [6.07, 6.45) is 11.9. The lowest BCUT2D eigenvalue weighted by Crippen LogP contribution is -2.12. The molecule has 39 heavy (non-hydrogen) atoms. The number of hydrogen-bond donors (Lipinski definition) is 2. The van der Waals surface area contributed by atoms with E-state index in [1.807, 2.05) is 19.1 Å². The molecule has 0 unspecified atom stereocenters. The van der Waals surface area contributed by atoms with Crippen molar-refractivity contribution in [3.8, 4) is 11.5 Å². The van der Waals surface area contributed by atoms with Gasteiger partial charge in [-0.25, -0.2) is 9.37 Å². The van der Waals surface area contributed by atoms with E-state index in [1.165, 1.54) is 17.7 Å².